The third-order valence-electron chi connectivity index (χ3n) is 2.22. The molecule has 1 aromatic carbocycles. The van der Waals surface area contributed by atoms with Gasteiger partial charge in [0.15, 0.2) is 0 Å². The Morgan fingerprint density at radius 1 is 1.42 bits per heavy atom. The maximum atomic E-state index is 13.5. The fourth-order valence-electron chi connectivity index (χ4n) is 1.33. The molecule has 1 rings (SSSR count). The first-order valence-electron chi connectivity index (χ1n) is 5.43. The maximum absolute atomic E-state index is 13.5. The van der Waals surface area contributed by atoms with Crippen LogP contribution in [0.4, 0.5) is 4.39 Å². The van der Waals surface area contributed by atoms with Crippen molar-refractivity contribution in [1.82, 2.24) is 4.72 Å². The fourth-order valence-corrected chi connectivity index (χ4v) is 2.79. The first-order valence-corrected chi connectivity index (χ1v) is 7.70. The number of hydrogen-bond donors (Lipinski definition) is 1. The van der Waals surface area contributed by atoms with Crippen LogP contribution in [0, 0.1) is 5.82 Å². The van der Waals surface area contributed by atoms with Crippen LogP contribution in [0.5, 0.6) is 0 Å². The normalized spacial score (nSPS) is 11.1. The number of rotatable bonds is 7. The number of sulfonamides is 1. The number of nitrogens with one attached hydrogen (secondary N) is 1. The lowest BCUT2D eigenvalue weighted by molar-refractivity contribution is 0.554. The monoisotopic (exact) mass is 350 g/mol. The van der Waals surface area contributed by atoms with Crippen LogP contribution < -0.4 is 4.72 Å². The zero-order valence-corrected chi connectivity index (χ0v) is 12.3. The molecule has 0 unspecified atom stereocenters. The van der Waals surface area contributed by atoms with Gasteiger partial charge in [0.2, 0.25) is 10.0 Å². The predicted molar refractivity (Wildman–Crippen MR) is 72.5 cm³/mol. The summed E-state index contributed by atoms with van der Waals surface area (Å²) in [6.45, 7) is 0.476. The Morgan fingerprint density at radius 3 is 2.79 bits per heavy atom. The Labute approximate surface area is 118 Å². The van der Waals surface area contributed by atoms with E-state index in [1.54, 1.807) is 0 Å². The summed E-state index contributed by atoms with van der Waals surface area (Å²) >= 11 is 3.06. The molecule has 0 bridgehead atoms. The second kappa shape index (κ2) is 7.44. The van der Waals surface area contributed by atoms with E-state index in [2.05, 4.69) is 30.7 Å². The fraction of sp³-hybridized carbons (Fsp3) is 0.400. The van der Waals surface area contributed by atoms with Gasteiger partial charge in [0, 0.05) is 22.5 Å². The molecular formula is C10H12BrFN4O2S. The molecule has 0 amide bonds. The van der Waals surface area contributed by atoms with Crippen LogP contribution >= 0.6 is 15.9 Å². The lowest BCUT2D eigenvalue weighted by Crippen LogP contribution is -2.25. The summed E-state index contributed by atoms with van der Waals surface area (Å²) < 4.78 is 39.9. The Bertz CT molecular complexity index is 587. The Balaban J connectivity index is 2.58. The van der Waals surface area contributed by atoms with E-state index in [-0.39, 0.29) is 11.4 Å². The van der Waals surface area contributed by atoms with Gasteiger partial charge in [0.1, 0.15) is 10.7 Å². The summed E-state index contributed by atoms with van der Waals surface area (Å²) in [4.78, 5) is 2.20. The topological polar surface area (TPSA) is 94.9 Å². The molecule has 0 radical (unpaired) electrons. The highest BCUT2D eigenvalue weighted by atomic mass is 79.9. The third kappa shape index (κ3) is 5.15. The Kier molecular flexibility index (Phi) is 6.23. The van der Waals surface area contributed by atoms with E-state index in [1.165, 1.54) is 12.1 Å². The van der Waals surface area contributed by atoms with E-state index in [1.807, 2.05) is 0 Å². The first-order chi connectivity index (χ1) is 8.97. The minimum atomic E-state index is -3.85. The molecule has 19 heavy (non-hydrogen) atoms. The summed E-state index contributed by atoms with van der Waals surface area (Å²) in [5, 5.41) is 3.33. The van der Waals surface area contributed by atoms with Crippen molar-refractivity contribution >= 4 is 26.0 Å². The van der Waals surface area contributed by atoms with Gasteiger partial charge in [-0.1, -0.05) is 21.0 Å². The summed E-state index contributed by atoms with van der Waals surface area (Å²) in [7, 11) is -3.85. The number of nitrogens with zero attached hydrogens (tertiary/aromatic N) is 3. The molecule has 0 fully saturated rings. The first kappa shape index (κ1) is 15.9. The Morgan fingerprint density at radius 2 is 2.16 bits per heavy atom. The molecule has 1 N–H and O–H groups in total. The maximum Gasteiger partial charge on any atom is 0.243 e. The van der Waals surface area contributed by atoms with Crippen molar-refractivity contribution in [2.45, 2.75) is 17.7 Å². The van der Waals surface area contributed by atoms with Gasteiger partial charge in [-0.15, -0.1) is 0 Å². The van der Waals surface area contributed by atoms with E-state index < -0.39 is 15.8 Å². The highest BCUT2D eigenvalue weighted by Crippen LogP contribution is 2.19. The Hall–Kier alpha value is -1.15. The average molecular weight is 351 g/mol. The molecule has 1 aromatic rings. The lowest BCUT2D eigenvalue weighted by Gasteiger charge is -2.07. The summed E-state index contributed by atoms with van der Waals surface area (Å²) in [6.07, 6.45) is 1.08. The van der Waals surface area contributed by atoms with E-state index in [9.17, 15) is 12.8 Å². The highest BCUT2D eigenvalue weighted by molar-refractivity contribution is 9.10. The quantitative estimate of drug-likeness (QED) is 0.354. The van der Waals surface area contributed by atoms with Gasteiger partial charge in [-0.2, -0.15) is 0 Å². The van der Waals surface area contributed by atoms with Crippen molar-refractivity contribution in [3.63, 3.8) is 0 Å². The standard InChI is InChI=1S/C10H12BrFN4O2S/c11-8-3-4-10(9(12)7-8)19(17,18)15-6-2-1-5-14-16-13/h3-4,7,15H,1-2,5-6H2. The van der Waals surface area contributed by atoms with Crippen LogP contribution in [0.25, 0.3) is 10.4 Å². The smallest absolute Gasteiger partial charge is 0.211 e. The van der Waals surface area contributed by atoms with Crippen LogP contribution in [-0.4, -0.2) is 21.5 Å². The van der Waals surface area contributed by atoms with Crippen molar-refractivity contribution < 1.29 is 12.8 Å². The van der Waals surface area contributed by atoms with Crippen LogP contribution in [0.2, 0.25) is 0 Å². The van der Waals surface area contributed by atoms with Gasteiger partial charge >= 0.3 is 0 Å². The van der Waals surface area contributed by atoms with Crippen molar-refractivity contribution in [3.8, 4) is 0 Å². The van der Waals surface area contributed by atoms with Gasteiger partial charge in [-0.3, -0.25) is 0 Å². The molecule has 0 saturated heterocycles. The van der Waals surface area contributed by atoms with Crippen LogP contribution in [-0.2, 0) is 10.0 Å². The second-order valence-corrected chi connectivity index (χ2v) is 6.29. The van der Waals surface area contributed by atoms with Gasteiger partial charge in [0.25, 0.3) is 0 Å². The van der Waals surface area contributed by atoms with Gasteiger partial charge in [-0.05, 0) is 36.6 Å². The second-order valence-electron chi connectivity index (χ2n) is 3.63. The van der Waals surface area contributed by atoms with Gasteiger partial charge < -0.3 is 0 Å². The average Bonchev–Trinajstić information content (AvgIpc) is 2.33. The molecule has 0 heterocycles. The van der Waals surface area contributed by atoms with Crippen LogP contribution in [0.3, 0.4) is 0 Å². The van der Waals surface area contributed by atoms with Gasteiger partial charge in [0.05, 0.1) is 0 Å². The summed E-state index contributed by atoms with van der Waals surface area (Å²) in [5.41, 5.74) is 8.05. The SMILES string of the molecule is [N-]=[N+]=NCCCCNS(=O)(=O)c1ccc(Br)cc1F. The minimum Gasteiger partial charge on any atom is -0.211 e. The zero-order chi connectivity index (χ0) is 14.3. The molecule has 6 nitrogen and oxygen atoms in total. The third-order valence-corrected chi connectivity index (χ3v) is 4.21. The van der Waals surface area contributed by atoms with Crippen molar-refractivity contribution in [2.75, 3.05) is 13.1 Å². The molecule has 0 atom stereocenters. The molecule has 104 valence electrons. The predicted octanol–water partition coefficient (Wildman–Crippen LogP) is 2.96. The largest absolute Gasteiger partial charge is 0.243 e. The lowest BCUT2D eigenvalue weighted by atomic mass is 10.3. The number of azide groups is 1. The molecule has 0 spiro atoms. The number of benzene rings is 1. The summed E-state index contributed by atoms with van der Waals surface area (Å²) in [6, 6.07) is 3.75. The molecule has 0 aromatic heterocycles. The van der Waals surface area contributed by atoms with Crippen molar-refractivity contribution in [1.29, 1.82) is 0 Å². The van der Waals surface area contributed by atoms with E-state index in [4.69, 9.17) is 5.53 Å². The van der Waals surface area contributed by atoms with Crippen LogP contribution in [0.15, 0.2) is 32.7 Å². The molecule has 0 aliphatic carbocycles. The molecule has 0 aliphatic rings. The highest BCUT2D eigenvalue weighted by Gasteiger charge is 2.18. The van der Waals surface area contributed by atoms with E-state index in [0.717, 1.165) is 6.07 Å². The number of unbranched alkanes of at least 4 members (excludes halogenated alkanes) is 1. The zero-order valence-electron chi connectivity index (χ0n) is 9.88. The molecule has 0 saturated carbocycles. The van der Waals surface area contributed by atoms with Crippen LogP contribution in [0.1, 0.15) is 12.8 Å². The molecular weight excluding hydrogens is 339 g/mol. The molecule has 9 heteroatoms. The summed E-state index contributed by atoms with van der Waals surface area (Å²) in [5.74, 6) is -0.809. The van der Waals surface area contributed by atoms with E-state index >= 15 is 0 Å². The van der Waals surface area contributed by atoms with E-state index in [0.29, 0.717) is 23.9 Å². The molecule has 0 aliphatic heterocycles. The van der Waals surface area contributed by atoms with Crippen molar-refractivity contribution in [2.24, 2.45) is 5.11 Å². The minimum absolute atomic E-state index is 0.165. The number of hydrogen-bond acceptors (Lipinski definition) is 3. The number of halogens is 2. The van der Waals surface area contributed by atoms with Gasteiger partial charge in [-0.25, -0.2) is 17.5 Å². The van der Waals surface area contributed by atoms with Crippen molar-refractivity contribution in [3.05, 3.63) is 38.9 Å².